The molecule has 0 fully saturated rings. The first-order chi connectivity index (χ1) is 13.5. The minimum absolute atomic E-state index is 0.129. The molecule has 6 nitrogen and oxygen atoms in total. The lowest BCUT2D eigenvalue weighted by atomic mass is 10.2. The van der Waals surface area contributed by atoms with Crippen LogP contribution in [-0.4, -0.2) is 25.4 Å². The van der Waals surface area contributed by atoms with Crippen molar-refractivity contribution in [2.45, 2.75) is 6.54 Å². The summed E-state index contributed by atoms with van der Waals surface area (Å²) in [7, 11) is 0. The molecule has 0 saturated heterocycles. The van der Waals surface area contributed by atoms with Crippen LogP contribution in [0.1, 0.15) is 15.9 Å². The summed E-state index contributed by atoms with van der Waals surface area (Å²) in [5, 5.41) is 3.87. The topological polar surface area (TPSA) is 72.7 Å². The van der Waals surface area contributed by atoms with Crippen LogP contribution in [0, 0.1) is 5.82 Å². The van der Waals surface area contributed by atoms with Gasteiger partial charge in [0.1, 0.15) is 11.5 Å². The molecule has 0 unspecified atom stereocenters. The predicted molar refractivity (Wildman–Crippen MR) is 104 cm³/mol. The van der Waals surface area contributed by atoms with E-state index in [4.69, 9.17) is 23.2 Å². The smallest absolute Gasteiger partial charge is 0.253 e. The van der Waals surface area contributed by atoms with Gasteiger partial charge in [0, 0.05) is 36.4 Å². The van der Waals surface area contributed by atoms with E-state index in [9.17, 15) is 9.18 Å². The van der Waals surface area contributed by atoms with Gasteiger partial charge in [-0.1, -0.05) is 29.3 Å². The number of hydrogen-bond donors (Lipinski definition) is 1. The fraction of sp³-hybridized carbons (Fsp3) is 0.0526. The average Bonchev–Trinajstić information content (AvgIpc) is 3.09. The quantitative estimate of drug-likeness (QED) is 0.542. The number of nitrogens with zero attached hydrogens (tertiary/aromatic N) is 4. The van der Waals surface area contributed by atoms with Crippen LogP contribution in [0.15, 0.2) is 55.1 Å². The lowest BCUT2D eigenvalue weighted by molar-refractivity contribution is 0.0952. The molecule has 0 aliphatic heterocycles. The molecule has 0 atom stereocenters. The second-order valence-corrected chi connectivity index (χ2v) is 6.69. The maximum atomic E-state index is 13.2. The molecule has 140 valence electrons. The zero-order valence-corrected chi connectivity index (χ0v) is 15.7. The van der Waals surface area contributed by atoms with E-state index in [1.54, 1.807) is 41.5 Å². The van der Waals surface area contributed by atoms with Crippen LogP contribution in [0.4, 0.5) is 4.39 Å². The van der Waals surface area contributed by atoms with E-state index in [-0.39, 0.29) is 17.5 Å². The number of halogens is 3. The zero-order chi connectivity index (χ0) is 19.7. The molecule has 1 N–H and O–H groups in total. The van der Waals surface area contributed by atoms with Crippen LogP contribution in [0.5, 0.6) is 0 Å². The largest absolute Gasteiger partial charge is 0.348 e. The van der Waals surface area contributed by atoms with Crippen LogP contribution in [0.25, 0.3) is 17.0 Å². The molecule has 0 saturated carbocycles. The molecule has 0 bridgehead atoms. The maximum Gasteiger partial charge on any atom is 0.253 e. The molecule has 1 aromatic carbocycles. The number of hydrogen-bond acceptors (Lipinski definition) is 4. The Kier molecular flexibility index (Phi) is 4.93. The number of fused-ring (bicyclic) bond motifs is 1. The minimum atomic E-state index is -0.441. The van der Waals surface area contributed by atoms with Crippen molar-refractivity contribution < 1.29 is 9.18 Å². The Balaban J connectivity index is 1.71. The SMILES string of the molecule is O=C(NCc1ccc(F)cc1Cl)c1cn(-c2ncccn2)c2nccc(Cl)c12. The summed E-state index contributed by atoms with van der Waals surface area (Å²) in [5.74, 6) is -0.457. The Morgan fingerprint density at radius 1 is 1.07 bits per heavy atom. The van der Waals surface area contributed by atoms with E-state index in [2.05, 4.69) is 20.3 Å². The number of benzene rings is 1. The molecule has 3 heterocycles. The highest BCUT2D eigenvalue weighted by Crippen LogP contribution is 2.28. The molecule has 0 aliphatic rings. The van der Waals surface area contributed by atoms with Gasteiger partial charge < -0.3 is 5.32 Å². The van der Waals surface area contributed by atoms with Gasteiger partial charge in [0.25, 0.3) is 5.91 Å². The summed E-state index contributed by atoms with van der Waals surface area (Å²) in [5.41, 5.74) is 1.37. The van der Waals surface area contributed by atoms with E-state index in [0.29, 0.717) is 33.1 Å². The number of carbonyl (C=O) groups excluding carboxylic acids is 1. The number of nitrogens with one attached hydrogen (secondary N) is 1. The average molecular weight is 416 g/mol. The Hall–Kier alpha value is -3.03. The summed E-state index contributed by atoms with van der Waals surface area (Å²) < 4.78 is 14.8. The number of pyridine rings is 1. The zero-order valence-electron chi connectivity index (χ0n) is 14.2. The van der Waals surface area contributed by atoms with Crippen LogP contribution < -0.4 is 5.32 Å². The first-order valence-electron chi connectivity index (χ1n) is 8.19. The standard InChI is InChI=1S/C19H12Cl2FN5O/c20-14-4-7-23-17-16(14)13(10-27(17)19-24-5-1-6-25-19)18(28)26-9-11-2-3-12(22)8-15(11)21/h1-8,10H,9H2,(H,26,28). The van der Waals surface area contributed by atoms with Crippen LogP contribution >= 0.6 is 23.2 Å². The van der Waals surface area contributed by atoms with Crippen LogP contribution in [-0.2, 0) is 6.54 Å². The summed E-state index contributed by atoms with van der Waals surface area (Å²) >= 11 is 12.4. The molecule has 4 aromatic rings. The Labute approximate surface area is 169 Å². The normalized spacial score (nSPS) is 11.0. The van der Waals surface area contributed by atoms with E-state index in [0.717, 1.165) is 0 Å². The number of carbonyl (C=O) groups is 1. The van der Waals surface area contributed by atoms with Crippen molar-refractivity contribution in [2.75, 3.05) is 0 Å². The molecule has 0 aliphatic carbocycles. The molecule has 0 radical (unpaired) electrons. The highest BCUT2D eigenvalue weighted by molar-refractivity contribution is 6.36. The molecule has 28 heavy (non-hydrogen) atoms. The van der Waals surface area contributed by atoms with E-state index in [1.807, 2.05) is 0 Å². The highest BCUT2D eigenvalue weighted by Gasteiger charge is 2.20. The molecule has 4 rings (SSSR count). The van der Waals surface area contributed by atoms with Crippen LogP contribution in [0.2, 0.25) is 10.0 Å². The predicted octanol–water partition coefficient (Wildman–Crippen LogP) is 4.19. The summed E-state index contributed by atoms with van der Waals surface area (Å²) in [6.45, 7) is 0.129. The monoisotopic (exact) mass is 415 g/mol. The Morgan fingerprint density at radius 2 is 1.86 bits per heavy atom. The number of rotatable bonds is 4. The van der Waals surface area contributed by atoms with Gasteiger partial charge >= 0.3 is 0 Å². The minimum Gasteiger partial charge on any atom is -0.348 e. The molecular formula is C19H12Cl2FN5O. The number of amides is 1. The van der Waals surface area contributed by atoms with Crippen molar-refractivity contribution >= 4 is 40.1 Å². The van der Waals surface area contributed by atoms with Gasteiger partial charge in [0.2, 0.25) is 5.95 Å². The van der Waals surface area contributed by atoms with Gasteiger partial charge in [-0.15, -0.1) is 0 Å². The van der Waals surface area contributed by atoms with Crippen molar-refractivity contribution in [1.82, 2.24) is 24.8 Å². The molecule has 9 heteroatoms. The van der Waals surface area contributed by atoms with Gasteiger partial charge in [-0.25, -0.2) is 19.3 Å². The van der Waals surface area contributed by atoms with Crippen molar-refractivity contribution in [3.63, 3.8) is 0 Å². The molecular weight excluding hydrogens is 404 g/mol. The third-order valence-electron chi connectivity index (χ3n) is 4.10. The van der Waals surface area contributed by atoms with Crippen molar-refractivity contribution in [1.29, 1.82) is 0 Å². The summed E-state index contributed by atoms with van der Waals surface area (Å²) in [6, 6.07) is 7.30. The molecule has 1 amide bonds. The Morgan fingerprint density at radius 3 is 2.61 bits per heavy atom. The lowest BCUT2D eigenvalue weighted by Gasteiger charge is -2.07. The van der Waals surface area contributed by atoms with Gasteiger partial charge in [0.15, 0.2) is 0 Å². The molecule has 3 aromatic heterocycles. The molecule has 0 spiro atoms. The first kappa shape index (κ1) is 18.3. The third-order valence-corrected chi connectivity index (χ3v) is 4.77. The fourth-order valence-corrected chi connectivity index (χ4v) is 3.27. The maximum absolute atomic E-state index is 13.2. The van der Waals surface area contributed by atoms with Gasteiger partial charge in [-0.05, 0) is 29.8 Å². The first-order valence-corrected chi connectivity index (χ1v) is 8.95. The van der Waals surface area contributed by atoms with E-state index >= 15 is 0 Å². The second-order valence-electron chi connectivity index (χ2n) is 5.87. The summed E-state index contributed by atoms with van der Waals surface area (Å²) in [6.07, 6.45) is 6.31. The fourth-order valence-electron chi connectivity index (χ4n) is 2.79. The lowest BCUT2D eigenvalue weighted by Crippen LogP contribution is -2.22. The van der Waals surface area contributed by atoms with Crippen molar-refractivity contribution in [3.8, 4) is 5.95 Å². The Bertz CT molecular complexity index is 1180. The number of aromatic nitrogens is 4. The van der Waals surface area contributed by atoms with Crippen molar-refractivity contribution in [2.24, 2.45) is 0 Å². The third kappa shape index (κ3) is 3.42. The van der Waals surface area contributed by atoms with E-state index in [1.165, 1.54) is 18.2 Å². The van der Waals surface area contributed by atoms with Gasteiger partial charge in [-0.3, -0.25) is 9.36 Å². The van der Waals surface area contributed by atoms with Gasteiger partial charge in [-0.2, -0.15) is 0 Å². The highest BCUT2D eigenvalue weighted by atomic mass is 35.5. The second kappa shape index (κ2) is 7.53. The summed E-state index contributed by atoms with van der Waals surface area (Å²) in [4.78, 5) is 25.6. The van der Waals surface area contributed by atoms with Crippen molar-refractivity contribution in [3.05, 3.63) is 82.1 Å². The van der Waals surface area contributed by atoms with Gasteiger partial charge in [0.05, 0.1) is 16.0 Å². The van der Waals surface area contributed by atoms with E-state index < -0.39 is 5.82 Å². The van der Waals surface area contributed by atoms with Crippen LogP contribution in [0.3, 0.4) is 0 Å².